The molecule has 0 bridgehead atoms. The van der Waals surface area contributed by atoms with Gasteiger partial charge in [0.25, 0.3) is 0 Å². The topological polar surface area (TPSA) is 18.5 Å². The van der Waals surface area contributed by atoms with Crippen LogP contribution in [0.2, 0.25) is 0 Å². The van der Waals surface area contributed by atoms with Gasteiger partial charge < -0.3 is 9.47 Å². The Morgan fingerprint density at radius 1 is 0.825 bits per heavy atom. The lowest BCUT2D eigenvalue weighted by atomic mass is 9.76. The Hall–Kier alpha value is -3.21. The monoisotopic (exact) mass is 550 g/mol. The lowest BCUT2D eigenvalue weighted by molar-refractivity contribution is 0.301. The van der Waals surface area contributed by atoms with Crippen LogP contribution in [0.3, 0.4) is 0 Å². The van der Waals surface area contributed by atoms with Crippen molar-refractivity contribution in [3.8, 4) is 22.6 Å². The average Bonchev–Trinajstić information content (AvgIpc) is 2.97. The molecule has 0 heterocycles. The highest BCUT2D eigenvalue weighted by molar-refractivity contribution is 5.65. The van der Waals surface area contributed by atoms with E-state index in [0.717, 1.165) is 69.1 Å². The maximum Gasteiger partial charge on any atom is 0.166 e. The molecule has 0 aromatic heterocycles. The van der Waals surface area contributed by atoms with Gasteiger partial charge >= 0.3 is 0 Å². The zero-order chi connectivity index (χ0) is 28.3. The molecule has 0 amide bonds. The maximum absolute atomic E-state index is 15.0. The van der Waals surface area contributed by atoms with Crippen LogP contribution >= 0.6 is 0 Å². The van der Waals surface area contributed by atoms with E-state index in [1.54, 1.807) is 36.4 Å². The van der Waals surface area contributed by atoms with Gasteiger partial charge in [-0.15, -0.1) is 6.58 Å². The molecule has 1 saturated carbocycles. The van der Waals surface area contributed by atoms with Crippen molar-refractivity contribution in [3.63, 3.8) is 0 Å². The smallest absolute Gasteiger partial charge is 0.166 e. The number of allylic oxidation sites excluding steroid dienone is 1. The van der Waals surface area contributed by atoms with Crippen molar-refractivity contribution in [2.45, 2.75) is 77.0 Å². The molecule has 0 unspecified atom stereocenters. The van der Waals surface area contributed by atoms with E-state index in [-0.39, 0.29) is 17.3 Å². The fourth-order valence-corrected chi connectivity index (χ4v) is 5.54. The predicted molar refractivity (Wildman–Crippen MR) is 157 cm³/mol. The van der Waals surface area contributed by atoms with E-state index in [4.69, 9.17) is 9.47 Å². The summed E-state index contributed by atoms with van der Waals surface area (Å²) >= 11 is 0. The Morgan fingerprint density at radius 3 is 2.23 bits per heavy atom. The van der Waals surface area contributed by atoms with E-state index >= 15 is 8.78 Å². The van der Waals surface area contributed by atoms with Gasteiger partial charge in [0.15, 0.2) is 11.6 Å². The predicted octanol–water partition coefficient (Wildman–Crippen LogP) is 10.2. The summed E-state index contributed by atoms with van der Waals surface area (Å²) in [4.78, 5) is 0. The second-order valence-electron chi connectivity index (χ2n) is 10.8. The van der Waals surface area contributed by atoms with Gasteiger partial charge in [0, 0.05) is 11.6 Å². The molecule has 3 aromatic carbocycles. The van der Waals surface area contributed by atoms with Crippen LogP contribution in [-0.2, 0) is 6.42 Å². The molecule has 0 spiro atoms. The van der Waals surface area contributed by atoms with E-state index in [2.05, 4.69) is 13.5 Å². The first-order chi connectivity index (χ1) is 19.5. The minimum Gasteiger partial charge on any atom is -0.494 e. The zero-order valence-electron chi connectivity index (χ0n) is 23.6. The molecule has 40 heavy (non-hydrogen) atoms. The van der Waals surface area contributed by atoms with Crippen LogP contribution < -0.4 is 9.47 Å². The van der Waals surface area contributed by atoms with Crippen LogP contribution in [-0.4, -0.2) is 13.2 Å². The summed E-state index contributed by atoms with van der Waals surface area (Å²) in [6.45, 7) is 6.99. The second-order valence-corrected chi connectivity index (χ2v) is 10.8. The summed E-state index contributed by atoms with van der Waals surface area (Å²) in [6, 6.07) is 15.7. The highest BCUT2D eigenvalue weighted by Crippen LogP contribution is 2.39. The number of rotatable bonds is 14. The van der Waals surface area contributed by atoms with E-state index in [1.807, 2.05) is 18.2 Å². The third kappa shape index (κ3) is 7.93. The number of halogens is 3. The molecule has 3 aromatic rings. The van der Waals surface area contributed by atoms with Crippen molar-refractivity contribution < 1.29 is 22.6 Å². The summed E-state index contributed by atoms with van der Waals surface area (Å²) in [5.74, 6) is 0.131. The second kappa shape index (κ2) is 15.0. The van der Waals surface area contributed by atoms with Crippen molar-refractivity contribution in [2.75, 3.05) is 13.2 Å². The standard InChI is InChI=1S/C35H41F3O2/c1-3-5-7-23-40-30-19-21-31(33(36)24-30)26-11-8-25(9-12-26)10-13-28-16-20-32(35(38)34(28)37)27-14-17-29(18-15-27)39-22-6-4-2/h3,14-21,24-26H,1,4-13,22-23H2,2H3. The van der Waals surface area contributed by atoms with Crippen LogP contribution in [0.5, 0.6) is 11.5 Å². The molecule has 0 atom stereocenters. The fraction of sp³-hybridized carbons (Fsp3) is 0.429. The summed E-state index contributed by atoms with van der Waals surface area (Å²) in [7, 11) is 0. The van der Waals surface area contributed by atoms with Gasteiger partial charge in [0.2, 0.25) is 0 Å². The first kappa shape index (κ1) is 29.8. The molecule has 1 aliphatic rings. The van der Waals surface area contributed by atoms with Crippen molar-refractivity contribution in [1.29, 1.82) is 0 Å². The van der Waals surface area contributed by atoms with Crippen LogP contribution in [0.25, 0.3) is 11.1 Å². The van der Waals surface area contributed by atoms with Gasteiger partial charge in [0.1, 0.15) is 17.3 Å². The molecular formula is C35H41F3O2. The maximum atomic E-state index is 15.0. The molecule has 0 N–H and O–H groups in total. The molecule has 1 fully saturated rings. The van der Waals surface area contributed by atoms with E-state index in [1.165, 1.54) is 6.07 Å². The largest absolute Gasteiger partial charge is 0.494 e. The quantitative estimate of drug-likeness (QED) is 0.147. The Bertz CT molecular complexity index is 1230. The van der Waals surface area contributed by atoms with E-state index in [0.29, 0.717) is 42.4 Å². The number of aryl methyl sites for hydroxylation is 1. The Balaban J connectivity index is 1.28. The van der Waals surface area contributed by atoms with Crippen LogP contribution in [0.4, 0.5) is 13.2 Å². The van der Waals surface area contributed by atoms with Crippen LogP contribution in [0, 0.1) is 23.4 Å². The Labute approximate surface area is 237 Å². The van der Waals surface area contributed by atoms with Crippen molar-refractivity contribution in [3.05, 3.63) is 95.8 Å². The minimum absolute atomic E-state index is 0.183. The molecule has 5 heteroatoms. The molecule has 0 saturated heterocycles. The van der Waals surface area contributed by atoms with E-state index in [9.17, 15) is 4.39 Å². The van der Waals surface area contributed by atoms with Crippen LogP contribution in [0.1, 0.15) is 81.8 Å². The van der Waals surface area contributed by atoms with Gasteiger partial charge in [0.05, 0.1) is 13.2 Å². The van der Waals surface area contributed by atoms with Crippen LogP contribution in [0.15, 0.2) is 67.3 Å². The number of benzene rings is 3. The highest BCUT2D eigenvalue weighted by atomic mass is 19.2. The number of hydrogen-bond donors (Lipinski definition) is 0. The number of ether oxygens (including phenoxy) is 2. The van der Waals surface area contributed by atoms with E-state index < -0.39 is 11.6 Å². The van der Waals surface area contributed by atoms with Crippen molar-refractivity contribution in [2.24, 2.45) is 5.92 Å². The lowest BCUT2D eigenvalue weighted by Gasteiger charge is -2.29. The lowest BCUT2D eigenvalue weighted by Crippen LogP contribution is -2.15. The first-order valence-electron chi connectivity index (χ1n) is 14.7. The molecule has 1 aliphatic carbocycles. The fourth-order valence-electron chi connectivity index (χ4n) is 5.54. The summed E-state index contributed by atoms with van der Waals surface area (Å²) in [6.07, 6.45) is 10.6. The number of unbranched alkanes of at least 4 members (excludes halogenated alkanes) is 2. The van der Waals surface area contributed by atoms with Gasteiger partial charge in [-0.3, -0.25) is 0 Å². The SMILES string of the molecule is C=CCCCOc1ccc(C2CCC(CCc3ccc(-c4ccc(OCCCC)cc4)c(F)c3F)CC2)c(F)c1. The van der Waals surface area contributed by atoms with Gasteiger partial charge in [-0.1, -0.05) is 49.8 Å². The highest BCUT2D eigenvalue weighted by Gasteiger charge is 2.25. The van der Waals surface area contributed by atoms with Crippen molar-refractivity contribution >= 4 is 0 Å². The average molecular weight is 551 g/mol. The van der Waals surface area contributed by atoms with Crippen molar-refractivity contribution in [1.82, 2.24) is 0 Å². The Morgan fingerprint density at radius 2 is 1.52 bits per heavy atom. The molecular weight excluding hydrogens is 509 g/mol. The van der Waals surface area contributed by atoms with Gasteiger partial charge in [-0.05, 0) is 105 Å². The third-order valence-corrected chi connectivity index (χ3v) is 8.00. The summed E-state index contributed by atoms with van der Waals surface area (Å²) < 4.78 is 56.2. The first-order valence-corrected chi connectivity index (χ1v) is 14.7. The Kier molecular flexibility index (Phi) is 11.1. The molecule has 214 valence electrons. The minimum atomic E-state index is -0.801. The molecule has 4 rings (SSSR count). The zero-order valence-corrected chi connectivity index (χ0v) is 23.6. The third-order valence-electron chi connectivity index (χ3n) is 8.00. The normalized spacial score (nSPS) is 17.0. The summed E-state index contributed by atoms with van der Waals surface area (Å²) in [5, 5.41) is 0. The van der Waals surface area contributed by atoms with Gasteiger partial charge in [-0.2, -0.15) is 0 Å². The molecule has 2 nitrogen and oxygen atoms in total. The summed E-state index contributed by atoms with van der Waals surface area (Å²) in [5.41, 5.74) is 2.06. The molecule has 0 radical (unpaired) electrons. The van der Waals surface area contributed by atoms with Gasteiger partial charge in [-0.25, -0.2) is 13.2 Å². The number of hydrogen-bond acceptors (Lipinski definition) is 2. The molecule has 0 aliphatic heterocycles.